The predicted octanol–water partition coefficient (Wildman–Crippen LogP) is 1.86. The third-order valence-corrected chi connectivity index (χ3v) is 4.65. The van der Waals surface area contributed by atoms with Gasteiger partial charge in [-0.2, -0.15) is 8.42 Å². The molecule has 0 amide bonds. The summed E-state index contributed by atoms with van der Waals surface area (Å²) in [6, 6.07) is 0. The van der Waals surface area contributed by atoms with Crippen molar-refractivity contribution in [1.82, 2.24) is 0 Å². The molecule has 2 bridgehead atoms. The summed E-state index contributed by atoms with van der Waals surface area (Å²) in [6.07, 6.45) is 4.62. The van der Waals surface area contributed by atoms with E-state index in [-0.39, 0.29) is 5.92 Å². The van der Waals surface area contributed by atoms with E-state index in [1.54, 1.807) is 0 Å². The summed E-state index contributed by atoms with van der Waals surface area (Å²) in [6.45, 7) is 0. The maximum Gasteiger partial charge on any atom is 0.305 e. The van der Waals surface area contributed by atoms with Crippen LogP contribution in [0.15, 0.2) is 0 Å². The molecule has 1 atom stereocenters. The van der Waals surface area contributed by atoms with Gasteiger partial charge in [0.05, 0.1) is 5.25 Å². The molecule has 0 radical (unpaired) electrons. The Morgan fingerprint density at radius 1 is 1.08 bits per heavy atom. The molecule has 3 aliphatic carbocycles. The lowest BCUT2D eigenvalue weighted by molar-refractivity contribution is 0.176. The van der Waals surface area contributed by atoms with Crippen LogP contribution in [0.4, 0.5) is 3.89 Å². The Kier molecular flexibility index (Phi) is 1.90. The predicted molar refractivity (Wildman–Crippen MR) is 43.9 cm³/mol. The molecule has 0 spiro atoms. The van der Waals surface area contributed by atoms with Gasteiger partial charge in [-0.05, 0) is 31.1 Å². The van der Waals surface area contributed by atoms with Gasteiger partial charge >= 0.3 is 10.2 Å². The second-order valence-electron chi connectivity index (χ2n) is 4.03. The first-order chi connectivity index (χ1) is 5.57. The van der Waals surface area contributed by atoms with Crippen molar-refractivity contribution in [2.45, 2.75) is 37.4 Å². The Morgan fingerprint density at radius 2 is 1.67 bits per heavy atom. The fourth-order valence-corrected chi connectivity index (χ4v) is 3.90. The summed E-state index contributed by atoms with van der Waals surface area (Å²) >= 11 is 0. The van der Waals surface area contributed by atoms with Crippen molar-refractivity contribution in [3.8, 4) is 0 Å². The van der Waals surface area contributed by atoms with Crippen LogP contribution in [0.3, 0.4) is 0 Å². The summed E-state index contributed by atoms with van der Waals surface area (Å²) in [5.74, 6) is 0.593. The Hall–Kier alpha value is -0.120. The van der Waals surface area contributed by atoms with E-state index in [1.807, 2.05) is 0 Å². The van der Waals surface area contributed by atoms with Crippen molar-refractivity contribution in [3.63, 3.8) is 0 Å². The zero-order chi connectivity index (χ0) is 8.77. The number of hydrogen-bond acceptors (Lipinski definition) is 2. The molecule has 0 aliphatic heterocycles. The van der Waals surface area contributed by atoms with Gasteiger partial charge in [0, 0.05) is 0 Å². The summed E-state index contributed by atoms with van der Waals surface area (Å²) in [5, 5.41) is -0.662. The Labute approximate surface area is 72.4 Å². The number of halogens is 1. The van der Waals surface area contributed by atoms with E-state index in [0.29, 0.717) is 12.3 Å². The molecule has 0 aromatic heterocycles. The van der Waals surface area contributed by atoms with Gasteiger partial charge in [0.15, 0.2) is 0 Å². The van der Waals surface area contributed by atoms with Crippen LogP contribution >= 0.6 is 0 Å². The monoisotopic (exact) mass is 192 g/mol. The van der Waals surface area contributed by atoms with Crippen LogP contribution in [0.25, 0.3) is 0 Å². The molecule has 0 saturated heterocycles. The van der Waals surface area contributed by atoms with Gasteiger partial charge in [-0.1, -0.05) is 12.8 Å². The van der Waals surface area contributed by atoms with E-state index in [1.165, 1.54) is 0 Å². The molecule has 3 saturated carbocycles. The van der Waals surface area contributed by atoms with E-state index in [2.05, 4.69) is 0 Å². The minimum absolute atomic E-state index is 0.116. The normalized spacial score (nSPS) is 41.6. The first-order valence-electron chi connectivity index (χ1n) is 4.51. The van der Waals surface area contributed by atoms with Gasteiger partial charge in [-0.15, -0.1) is 3.89 Å². The number of rotatable bonds is 1. The number of fused-ring (bicyclic) bond motifs is 3. The third kappa shape index (κ3) is 1.37. The lowest BCUT2D eigenvalue weighted by Gasteiger charge is -2.40. The Bertz CT molecular complexity index is 265. The maximum absolute atomic E-state index is 12.7. The highest BCUT2D eigenvalue weighted by Gasteiger charge is 2.42. The molecule has 0 heterocycles. The highest BCUT2D eigenvalue weighted by atomic mass is 32.3. The third-order valence-electron chi connectivity index (χ3n) is 3.34. The summed E-state index contributed by atoms with van der Waals surface area (Å²) in [4.78, 5) is 0. The lowest BCUT2D eigenvalue weighted by atomic mass is 9.70. The molecule has 4 heteroatoms. The standard InChI is InChI=1S/C8H13FO2S/c9-12(10,11)8-5-6-1-3-7(8)4-2-6/h6-8H,1-5H2/t6?,7?,8-/m1/s1. The van der Waals surface area contributed by atoms with Crippen LogP contribution in [0.5, 0.6) is 0 Å². The van der Waals surface area contributed by atoms with Gasteiger partial charge in [-0.3, -0.25) is 0 Å². The summed E-state index contributed by atoms with van der Waals surface area (Å²) in [5.41, 5.74) is 0. The maximum atomic E-state index is 12.7. The summed E-state index contributed by atoms with van der Waals surface area (Å²) in [7, 11) is -4.26. The van der Waals surface area contributed by atoms with Gasteiger partial charge in [0.1, 0.15) is 0 Å². The minimum Gasteiger partial charge on any atom is -0.195 e. The van der Waals surface area contributed by atoms with Crippen LogP contribution < -0.4 is 0 Å². The van der Waals surface area contributed by atoms with Crippen LogP contribution in [-0.2, 0) is 10.2 Å². The lowest BCUT2D eigenvalue weighted by Crippen LogP contribution is -2.38. The van der Waals surface area contributed by atoms with Crippen molar-refractivity contribution in [2.24, 2.45) is 11.8 Å². The quantitative estimate of drug-likeness (QED) is 0.594. The highest BCUT2D eigenvalue weighted by Crippen LogP contribution is 2.44. The Morgan fingerprint density at radius 3 is 1.92 bits per heavy atom. The molecule has 12 heavy (non-hydrogen) atoms. The van der Waals surface area contributed by atoms with Gasteiger partial charge < -0.3 is 0 Å². The van der Waals surface area contributed by atoms with E-state index in [9.17, 15) is 12.3 Å². The molecule has 0 aromatic carbocycles. The molecule has 3 rings (SSSR count). The molecule has 3 aliphatic rings. The van der Waals surface area contributed by atoms with Crippen molar-refractivity contribution in [3.05, 3.63) is 0 Å². The minimum atomic E-state index is -4.26. The van der Waals surface area contributed by atoms with Gasteiger partial charge in [0.2, 0.25) is 0 Å². The molecule has 0 N–H and O–H groups in total. The molecule has 70 valence electrons. The second-order valence-corrected chi connectivity index (χ2v) is 5.59. The molecule has 2 nitrogen and oxygen atoms in total. The highest BCUT2D eigenvalue weighted by molar-refractivity contribution is 7.87. The zero-order valence-electron chi connectivity index (χ0n) is 6.87. The van der Waals surface area contributed by atoms with Crippen LogP contribution in [0, 0.1) is 11.8 Å². The summed E-state index contributed by atoms with van der Waals surface area (Å²) < 4.78 is 34.1. The van der Waals surface area contributed by atoms with E-state index in [0.717, 1.165) is 25.7 Å². The largest absolute Gasteiger partial charge is 0.305 e. The van der Waals surface area contributed by atoms with Crippen molar-refractivity contribution >= 4 is 10.2 Å². The molecule has 0 aromatic rings. The van der Waals surface area contributed by atoms with Crippen molar-refractivity contribution < 1.29 is 12.3 Å². The average molecular weight is 192 g/mol. The van der Waals surface area contributed by atoms with E-state index >= 15 is 0 Å². The topological polar surface area (TPSA) is 34.1 Å². The SMILES string of the molecule is O=S(=O)(F)[C@@H]1CC2CCC1CC2. The van der Waals surface area contributed by atoms with Crippen LogP contribution in [-0.4, -0.2) is 13.7 Å². The molecule has 3 fully saturated rings. The average Bonchev–Trinajstić information content (AvgIpc) is 2.05. The zero-order valence-corrected chi connectivity index (χ0v) is 7.69. The molecule has 0 unspecified atom stereocenters. The number of hydrogen-bond donors (Lipinski definition) is 0. The first kappa shape index (κ1) is 8.48. The van der Waals surface area contributed by atoms with Crippen LogP contribution in [0.1, 0.15) is 32.1 Å². The smallest absolute Gasteiger partial charge is 0.195 e. The fraction of sp³-hybridized carbons (Fsp3) is 1.00. The van der Waals surface area contributed by atoms with E-state index in [4.69, 9.17) is 0 Å². The van der Waals surface area contributed by atoms with Gasteiger partial charge in [-0.25, -0.2) is 0 Å². The second kappa shape index (κ2) is 2.69. The Balaban J connectivity index is 2.20. The molecular weight excluding hydrogens is 179 g/mol. The first-order valence-corrected chi connectivity index (χ1v) is 5.95. The fourth-order valence-electron chi connectivity index (χ4n) is 2.66. The van der Waals surface area contributed by atoms with Crippen molar-refractivity contribution in [2.75, 3.05) is 0 Å². The van der Waals surface area contributed by atoms with Crippen molar-refractivity contribution in [1.29, 1.82) is 0 Å². The van der Waals surface area contributed by atoms with Gasteiger partial charge in [0.25, 0.3) is 0 Å². The van der Waals surface area contributed by atoms with Crippen LogP contribution in [0.2, 0.25) is 0 Å². The molecular formula is C8H13FO2S. The van der Waals surface area contributed by atoms with E-state index < -0.39 is 15.5 Å².